The number of hydrogen-bond donors (Lipinski definition) is 1. The minimum atomic E-state index is -0.229. The number of furan rings is 1. The van der Waals surface area contributed by atoms with Crippen molar-refractivity contribution in [2.75, 3.05) is 20.8 Å². The van der Waals surface area contributed by atoms with Crippen LogP contribution in [0.4, 0.5) is 0 Å². The molecule has 1 amide bonds. The van der Waals surface area contributed by atoms with Gasteiger partial charge in [-0.05, 0) is 42.3 Å². The smallest absolute Gasteiger partial charge is 0.287 e. The van der Waals surface area contributed by atoms with Crippen molar-refractivity contribution in [1.82, 2.24) is 5.32 Å². The fraction of sp³-hybridized carbons (Fsp3) is 0.211. The zero-order chi connectivity index (χ0) is 16.9. The van der Waals surface area contributed by atoms with Gasteiger partial charge in [-0.25, -0.2) is 0 Å². The summed E-state index contributed by atoms with van der Waals surface area (Å²) in [6.07, 6.45) is 0.631. The van der Waals surface area contributed by atoms with E-state index in [-0.39, 0.29) is 5.91 Å². The maximum Gasteiger partial charge on any atom is 0.287 e. The second-order valence-corrected chi connectivity index (χ2v) is 5.33. The fourth-order valence-electron chi connectivity index (χ4n) is 2.57. The van der Waals surface area contributed by atoms with Gasteiger partial charge in [0.05, 0.1) is 14.2 Å². The maximum absolute atomic E-state index is 12.2. The molecule has 0 fully saturated rings. The van der Waals surface area contributed by atoms with E-state index in [4.69, 9.17) is 13.9 Å². The number of amides is 1. The first kappa shape index (κ1) is 15.9. The van der Waals surface area contributed by atoms with Gasteiger partial charge in [0.1, 0.15) is 17.1 Å². The Kier molecular flexibility index (Phi) is 4.70. The van der Waals surface area contributed by atoms with E-state index >= 15 is 0 Å². The number of nitrogens with one attached hydrogen (secondary N) is 1. The van der Waals surface area contributed by atoms with Gasteiger partial charge in [-0.3, -0.25) is 4.79 Å². The van der Waals surface area contributed by atoms with Crippen molar-refractivity contribution in [3.05, 3.63) is 59.9 Å². The second kappa shape index (κ2) is 7.08. The van der Waals surface area contributed by atoms with E-state index in [0.717, 1.165) is 22.4 Å². The monoisotopic (exact) mass is 325 g/mol. The molecule has 0 aliphatic rings. The highest BCUT2D eigenvalue weighted by Gasteiger charge is 2.12. The summed E-state index contributed by atoms with van der Waals surface area (Å²) in [5.41, 5.74) is 1.68. The lowest BCUT2D eigenvalue weighted by molar-refractivity contribution is 0.0928. The Labute approximate surface area is 140 Å². The number of methoxy groups -OCH3 is 2. The standard InChI is InChI=1S/C19H19NO4/c1-22-15-7-8-16(23-2)14(11-15)9-10-20-19(21)18-12-13-5-3-4-6-17(13)24-18/h3-8,11-12H,9-10H2,1-2H3,(H,20,21). The number of para-hydroxylation sites is 1. The molecule has 5 nitrogen and oxygen atoms in total. The highest BCUT2D eigenvalue weighted by atomic mass is 16.5. The van der Waals surface area contributed by atoms with E-state index in [9.17, 15) is 4.79 Å². The van der Waals surface area contributed by atoms with Crippen LogP contribution in [0, 0.1) is 0 Å². The number of fused-ring (bicyclic) bond motifs is 1. The molecule has 1 aromatic heterocycles. The summed E-state index contributed by atoms with van der Waals surface area (Å²) in [6, 6.07) is 14.9. The molecule has 0 bridgehead atoms. The quantitative estimate of drug-likeness (QED) is 0.754. The Balaban J connectivity index is 1.64. The highest BCUT2D eigenvalue weighted by molar-refractivity contribution is 5.96. The average molecular weight is 325 g/mol. The summed E-state index contributed by atoms with van der Waals surface area (Å²) in [4.78, 5) is 12.2. The maximum atomic E-state index is 12.2. The summed E-state index contributed by atoms with van der Waals surface area (Å²) in [5.74, 6) is 1.62. The molecule has 5 heteroatoms. The van der Waals surface area contributed by atoms with Crippen LogP contribution in [-0.4, -0.2) is 26.7 Å². The van der Waals surface area contributed by atoms with Gasteiger partial charge in [-0.2, -0.15) is 0 Å². The third kappa shape index (κ3) is 3.35. The van der Waals surface area contributed by atoms with Crippen LogP contribution in [0.2, 0.25) is 0 Å². The summed E-state index contributed by atoms with van der Waals surface area (Å²) in [6.45, 7) is 0.472. The first-order valence-electron chi connectivity index (χ1n) is 7.69. The topological polar surface area (TPSA) is 60.7 Å². The lowest BCUT2D eigenvalue weighted by Crippen LogP contribution is -2.25. The molecule has 0 aliphatic heterocycles. The molecule has 1 heterocycles. The first-order chi connectivity index (χ1) is 11.7. The molecule has 24 heavy (non-hydrogen) atoms. The Hall–Kier alpha value is -2.95. The van der Waals surface area contributed by atoms with Crippen molar-refractivity contribution in [1.29, 1.82) is 0 Å². The van der Waals surface area contributed by atoms with Gasteiger partial charge in [0.2, 0.25) is 0 Å². The van der Waals surface area contributed by atoms with E-state index in [1.807, 2.05) is 42.5 Å². The van der Waals surface area contributed by atoms with E-state index in [0.29, 0.717) is 24.3 Å². The van der Waals surface area contributed by atoms with E-state index in [1.165, 1.54) is 0 Å². The zero-order valence-corrected chi connectivity index (χ0v) is 13.7. The van der Waals surface area contributed by atoms with Crippen LogP contribution < -0.4 is 14.8 Å². The Bertz CT molecular complexity index is 820. The normalized spacial score (nSPS) is 10.6. The number of carbonyl (C=O) groups excluding carboxylic acids is 1. The molecular weight excluding hydrogens is 306 g/mol. The Morgan fingerprint density at radius 2 is 1.92 bits per heavy atom. The van der Waals surface area contributed by atoms with Crippen LogP contribution in [0.25, 0.3) is 11.0 Å². The van der Waals surface area contributed by atoms with Crippen LogP contribution in [0.1, 0.15) is 16.1 Å². The lowest BCUT2D eigenvalue weighted by atomic mass is 10.1. The van der Waals surface area contributed by atoms with Crippen LogP contribution in [0.5, 0.6) is 11.5 Å². The van der Waals surface area contributed by atoms with Gasteiger partial charge in [-0.15, -0.1) is 0 Å². The molecular formula is C19H19NO4. The zero-order valence-electron chi connectivity index (χ0n) is 13.7. The summed E-state index contributed by atoms with van der Waals surface area (Å²) >= 11 is 0. The van der Waals surface area contributed by atoms with Crippen LogP contribution in [0.3, 0.4) is 0 Å². The largest absolute Gasteiger partial charge is 0.497 e. The number of hydrogen-bond acceptors (Lipinski definition) is 4. The van der Waals surface area contributed by atoms with Crippen molar-refractivity contribution in [3.63, 3.8) is 0 Å². The van der Waals surface area contributed by atoms with Gasteiger partial charge in [0.15, 0.2) is 5.76 Å². The SMILES string of the molecule is COc1ccc(OC)c(CCNC(=O)c2cc3ccccc3o2)c1. The summed E-state index contributed by atoms with van der Waals surface area (Å²) < 4.78 is 16.1. The third-order valence-electron chi connectivity index (χ3n) is 3.82. The van der Waals surface area contributed by atoms with Crippen LogP contribution in [0.15, 0.2) is 52.9 Å². The number of ether oxygens (including phenoxy) is 2. The van der Waals surface area contributed by atoms with Gasteiger partial charge >= 0.3 is 0 Å². The Morgan fingerprint density at radius 1 is 1.08 bits per heavy atom. The van der Waals surface area contributed by atoms with Gasteiger partial charge < -0.3 is 19.2 Å². The van der Waals surface area contributed by atoms with Gasteiger partial charge in [0, 0.05) is 11.9 Å². The molecule has 0 saturated carbocycles. The lowest BCUT2D eigenvalue weighted by Gasteiger charge is -2.10. The summed E-state index contributed by atoms with van der Waals surface area (Å²) in [7, 11) is 3.24. The van der Waals surface area contributed by atoms with E-state index < -0.39 is 0 Å². The van der Waals surface area contributed by atoms with Crippen molar-refractivity contribution in [2.45, 2.75) is 6.42 Å². The molecule has 0 atom stereocenters. The number of carbonyl (C=O) groups is 1. The molecule has 0 radical (unpaired) electrons. The van der Waals surface area contributed by atoms with Gasteiger partial charge in [0.25, 0.3) is 5.91 Å². The molecule has 0 unspecified atom stereocenters. The molecule has 124 valence electrons. The first-order valence-corrected chi connectivity index (χ1v) is 7.69. The van der Waals surface area contributed by atoms with Crippen molar-refractivity contribution in [2.24, 2.45) is 0 Å². The third-order valence-corrected chi connectivity index (χ3v) is 3.82. The summed E-state index contributed by atoms with van der Waals surface area (Å²) in [5, 5.41) is 3.78. The predicted molar refractivity (Wildman–Crippen MR) is 91.8 cm³/mol. The minimum absolute atomic E-state index is 0.229. The molecule has 3 aromatic rings. The molecule has 3 rings (SSSR count). The van der Waals surface area contributed by atoms with E-state index in [2.05, 4.69) is 5.32 Å². The van der Waals surface area contributed by atoms with Crippen molar-refractivity contribution >= 4 is 16.9 Å². The van der Waals surface area contributed by atoms with Crippen LogP contribution >= 0.6 is 0 Å². The fourth-order valence-corrected chi connectivity index (χ4v) is 2.57. The van der Waals surface area contributed by atoms with Crippen LogP contribution in [-0.2, 0) is 6.42 Å². The van der Waals surface area contributed by atoms with Gasteiger partial charge in [-0.1, -0.05) is 18.2 Å². The molecule has 0 saturated heterocycles. The molecule has 1 N–H and O–H groups in total. The predicted octanol–water partition coefficient (Wildman–Crippen LogP) is 3.42. The Morgan fingerprint density at radius 3 is 2.67 bits per heavy atom. The van der Waals surface area contributed by atoms with Crippen molar-refractivity contribution in [3.8, 4) is 11.5 Å². The number of benzene rings is 2. The molecule has 2 aromatic carbocycles. The molecule has 0 spiro atoms. The van der Waals surface area contributed by atoms with E-state index in [1.54, 1.807) is 20.3 Å². The minimum Gasteiger partial charge on any atom is -0.497 e. The van der Waals surface area contributed by atoms with Crippen molar-refractivity contribution < 1.29 is 18.7 Å². The number of rotatable bonds is 6. The molecule has 0 aliphatic carbocycles. The second-order valence-electron chi connectivity index (χ2n) is 5.33. The highest BCUT2D eigenvalue weighted by Crippen LogP contribution is 2.24. The average Bonchev–Trinajstić information content (AvgIpc) is 3.05.